The lowest BCUT2D eigenvalue weighted by molar-refractivity contribution is 0.502. The monoisotopic (exact) mass is 971 g/mol. The van der Waals surface area contributed by atoms with Gasteiger partial charge in [-0.05, 0) is 81.5 Å². The minimum Gasteiger partial charge on any atom is -0.264 e. The zero-order chi connectivity index (χ0) is 54.2. The van der Waals surface area contributed by atoms with Crippen molar-refractivity contribution in [3.05, 3.63) is 131 Å². The van der Waals surface area contributed by atoms with Crippen molar-refractivity contribution in [2.24, 2.45) is 0 Å². The highest BCUT2D eigenvalue weighted by molar-refractivity contribution is 5.79. The highest BCUT2D eigenvalue weighted by atomic mass is 14.9. The Hall–Kier alpha value is -5.90. The molecule has 0 spiro atoms. The van der Waals surface area contributed by atoms with Crippen molar-refractivity contribution >= 4 is 44.1 Å². The Morgan fingerprint density at radius 3 is 1.21 bits per heavy atom. The third kappa shape index (κ3) is 14.2. The SMILES string of the molecule is CC(C)(C)c1cc2cnccc2nc1C(C)(C)C.CC(C)(C)c1cc2cncnc2nc1C(C)(C)C.CC(C)(C)c1cc2ncccc2nc1C(C)(C)C.CC(C)(C)c1nc2cccnc2nc1C(C)(C)C. The van der Waals surface area contributed by atoms with Gasteiger partial charge in [-0.25, -0.2) is 29.9 Å². The molecule has 0 atom stereocenters. The molecule has 72 heavy (non-hydrogen) atoms. The first-order valence-corrected chi connectivity index (χ1v) is 25.6. The lowest BCUT2D eigenvalue weighted by atomic mass is 9.78. The molecule has 8 aromatic heterocycles. The van der Waals surface area contributed by atoms with Crippen LogP contribution < -0.4 is 0 Å². The predicted molar refractivity (Wildman–Crippen MR) is 303 cm³/mol. The van der Waals surface area contributed by atoms with E-state index in [0.29, 0.717) is 0 Å². The minimum absolute atomic E-state index is 0.0142. The molecule has 0 aliphatic heterocycles. The van der Waals surface area contributed by atoms with E-state index in [1.807, 2.05) is 48.9 Å². The molecule has 0 aliphatic rings. The molecular weight excluding hydrogens is 885 g/mol. The standard InChI is InChI=1S/2C16H22N2.2C15H21N3/c1-15(2,3)12-9-11-10-17-8-7-13(11)18-14(12)16(4,5)6;1-15(2,3)11-10-13-12(8-7-9-17-13)18-14(11)16(4,5)6;1-14(2,3)11-7-10-8-16-9-17-13(10)18-12(11)15(4,5)6;1-14(2,3)11-12(15(4,5)6)18-13-10(17-11)8-7-9-16-13/h2*7-10H,1-6H3;2*7-9H,1-6H3. The Morgan fingerprint density at radius 1 is 0.292 bits per heavy atom. The van der Waals surface area contributed by atoms with Crippen LogP contribution >= 0.6 is 0 Å². The normalized spacial score (nSPS) is 13.0. The number of rotatable bonds is 0. The van der Waals surface area contributed by atoms with E-state index in [1.165, 1.54) is 28.1 Å². The fraction of sp³-hybridized carbons (Fsp3) is 0.516. The Kier molecular flexibility index (Phi) is 16.3. The summed E-state index contributed by atoms with van der Waals surface area (Å²) in [6.45, 7) is 53.0. The Labute approximate surface area is 432 Å². The van der Waals surface area contributed by atoms with Crippen molar-refractivity contribution in [3.8, 4) is 0 Å². The zero-order valence-electron chi connectivity index (χ0n) is 48.6. The molecule has 0 bridgehead atoms. The molecule has 0 radical (unpaired) electrons. The van der Waals surface area contributed by atoms with Crippen LogP contribution in [0.5, 0.6) is 0 Å². The molecule has 0 unspecified atom stereocenters. The summed E-state index contributed by atoms with van der Waals surface area (Å²) in [5.41, 5.74) is 15.2. The van der Waals surface area contributed by atoms with Gasteiger partial charge in [-0.15, -0.1) is 0 Å². The van der Waals surface area contributed by atoms with Crippen LogP contribution in [-0.4, -0.2) is 49.8 Å². The molecule has 0 saturated carbocycles. The summed E-state index contributed by atoms with van der Waals surface area (Å²) in [6, 6.07) is 16.5. The zero-order valence-corrected chi connectivity index (χ0v) is 48.6. The molecule has 0 N–H and O–H groups in total. The van der Waals surface area contributed by atoms with Gasteiger partial charge in [0.05, 0.1) is 45.0 Å². The van der Waals surface area contributed by atoms with E-state index in [2.05, 4.69) is 209 Å². The van der Waals surface area contributed by atoms with Crippen molar-refractivity contribution in [2.45, 2.75) is 209 Å². The van der Waals surface area contributed by atoms with E-state index in [-0.39, 0.29) is 43.3 Å². The average Bonchev–Trinajstić information content (AvgIpc) is 3.25. The first-order chi connectivity index (χ1) is 32.8. The number of hydrogen-bond donors (Lipinski definition) is 0. The van der Waals surface area contributed by atoms with Gasteiger partial charge < -0.3 is 0 Å². The largest absolute Gasteiger partial charge is 0.264 e. The molecular formula is C62H86N10. The van der Waals surface area contributed by atoms with E-state index >= 15 is 0 Å². The van der Waals surface area contributed by atoms with Crippen LogP contribution in [0.25, 0.3) is 44.1 Å². The second kappa shape index (κ2) is 20.5. The van der Waals surface area contributed by atoms with Gasteiger partial charge in [-0.1, -0.05) is 166 Å². The van der Waals surface area contributed by atoms with E-state index in [9.17, 15) is 0 Å². The molecule has 0 fully saturated rings. The molecule has 0 aromatic carbocycles. The van der Waals surface area contributed by atoms with Gasteiger partial charge in [0.1, 0.15) is 11.8 Å². The van der Waals surface area contributed by atoms with Gasteiger partial charge >= 0.3 is 0 Å². The lowest BCUT2D eigenvalue weighted by Crippen LogP contribution is -2.25. The predicted octanol–water partition coefficient (Wildman–Crippen LogP) is 15.7. The Morgan fingerprint density at radius 2 is 0.694 bits per heavy atom. The second-order valence-electron chi connectivity index (χ2n) is 27.5. The molecule has 384 valence electrons. The highest BCUT2D eigenvalue weighted by Gasteiger charge is 2.31. The molecule has 8 rings (SSSR count). The molecule has 0 amide bonds. The maximum absolute atomic E-state index is 4.87. The minimum atomic E-state index is -0.0265. The lowest BCUT2D eigenvalue weighted by Gasteiger charge is -2.29. The van der Waals surface area contributed by atoms with Crippen molar-refractivity contribution < 1.29 is 0 Å². The number of hydrogen-bond acceptors (Lipinski definition) is 10. The van der Waals surface area contributed by atoms with E-state index in [1.54, 1.807) is 18.7 Å². The summed E-state index contributed by atoms with van der Waals surface area (Å²) in [4.78, 5) is 45.3. The molecule has 8 aromatic rings. The summed E-state index contributed by atoms with van der Waals surface area (Å²) in [6.07, 6.45) is 10.7. The van der Waals surface area contributed by atoms with Gasteiger partial charge in [0.2, 0.25) is 0 Å². The number of aromatic nitrogens is 10. The first kappa shape index (κ1) is 57.0. The number of nitrogens with zero attached hydrogens (tertiary/aromatic N) is 10. The van der Waals surface area contributed by atoms with Crippen molar-refractivity contribution in [3.63, 3.8) is 0 Å². The summed E-state index contributed by atoms with van der Waals surface area (Å²) in [5.74, 6) is 0. The maximum Gasteiger partial charge on any atom is 0.178 e. The molecule has 8 heterocycles. The Balaban J connectivity index is 0.000000178. The second-order valence-corrected chi connectivity index (χ2v) is 27.5. The Bertz CT molecular complexity index is 2510. The molecule has 0 saturated heterocycles. The topological polar surface area (TPSA) is 129 Å². The van der Waals surface area contributed by atoms with E-state index < -0.39 is 0 Å². The third-order valence-electron chi connectivity index (χ3n) is 12.1. The van der Waals surface area contributed by atoms with Gasteiger partial charge in [0.25, 0.3) is 0 Å². The van der Waals surface area contributed by atoms with Crippen LogP contribution in [0.3, 0.4) is 0 Å². The highest BCUT2D eigenvalue weighted by Crippen LogP contribution is 2.37. The summed E-state index contributed by atoms with van der Waals surface area (Å²) in [5, 5.41) is 2.13. The molecule has 0 aliphatic carbocycles. The van der Waals surface area contributed by atoms with E-state index in [4.69, 9.17) is 24.9 Å². The average molecular weight is 971 g/mol. The molecule has 10 nitrogen and oxygen atoms in total. The summed E-state index contributed by atoms with van der Waals surface area (Å²) in [7, 11) is 0. The number of pyridine rings is 6. The van der Waals surface area contributed by atoms with Crippen LogP contribution in [0.15, 0.2) is 85.8 Å². The van der Waals surface area contributed by atoms with Crippen LogP contribution in [0.1, 0.15) is 211 Å². The number of fused-ring (bicyclic) bond motifs is 4. The fourth-order valence-electron chi connectivity index (χ4n) is 8.31. The first-order valence-electron chi connectivity index (χ1n) is 25.6. The van der Waals surface area contributed by atoms with Crippen LogP contribution in [0.2, 0.25) is 0 Å². The van der Waals surface area contributed by atoms with E-state index in [0.717, 1.165) is 61.2 Å². The van der Waals surface area contributed by atoms with Crippen LogP contribution in [0.4, 0.5) is 0 Å². The van der Waals surface area contributed by atoms with Crippen molar-refractivity contribution in [2.75, 3.05) is 0 Å². The van der Waals surface area contributed by atoms with Gasteiger partial charge in [-0.2, -0.15) is 0 Å². The smallest absolute Gasteiger partial charge is 0.178 e. The molecule has 10 heteroatoms. The van der Waals surface area contributed by atoms with Crippen molar-refractivity contribution in [1.82, 2.24) is 49.8 Å². The van der Waals surface area contributed by atoms with Crippen LogP contribution in [0, 0.1) is 0 Å². The van der Waals surface area contributed by atoms with Crippen LogP contribution in [-0.2, 0) is 43.3 Å². The fourth-order valence-corrected chi connectivity index (χ4v) is 8.31. The van der Waals surface area contributed by atoms with Crippen molar-refractivity contribution in [1.29, 1.82) is 0 Å². The third-order valence-corrected chi connectivity index (χ3v) is 12.1. The van der Waals surface area contributed by atoms with Gasteiger partial charge in [-0.3, -0.25) is 19.9 Å². The van der Waals surface area contributed by atoms with Gasteiger partial charge in [0, 0.05) is 68.8 Å². The quantitative estimate of drug-likeness (QED) is 0.145. The summed E-state index contributed by atoms with van der Waals surface area (Å²) < 4.78 is 0. The van der Waals surface area contributed by atoms with Gasteiger partial charge in [0.15, 0.2) is 11.3 Å². The summed E-state index contributed by atoms with van der Waals surface area (Å²) >= 11 is 0. The maximum atomic E-state index is 4.87.